The average molecular weight is 265 g/mol. The number of hydrogen-bond donors (Lipinski definition) is 1. The lowest BCUT2D eigenvalue weighted by Gasteiger charge is -2.18. The van der Waals surface area contributed by atoms with Crippen molar-refractivity contribution in [3.63, 3.8) is 0 Å². The quantitative estimate of drug-likeness (QED) is 0.859. The minimum Gasteiger partial charge on any atom is -0.369 e. The van der Waals surface area contributed by atoms with Gasteiger partial charge in [-0.25, -0.2) is 9.97 Å². The summed E-state index contributed by atoms with van der Waals surface area (Å²) in [5.74, 6) is 0.544. The second-order valence-electron chi connectivity index (χ2n) is 5.90. The van der Waals surface area contributed by atoms with Gasteiger partial charge < -0.3 is 5.73 Å². The number of hydrogen-bond acceptors (Lipinski definition) is 3. The van der Waals surface area contributed by atoms with Gasteiger partial charge in [0.25, 0.3) is 0 Å². The zero-order chi connectivity index (χ0) is 12.9. The lowest BCUT2D eigenvalue weighted by molar-refractivity contribution is 0.361. The van der Waals surface area contributed by atoms with Crippen LogP contribution in [0.3, 0.4) is 0 Å². The van der Waals surface area contributed by atoms with E-state index in [0.717, 1.165) is 24.0 Å². The molecule has 2 aromatic heterocycles. The van der Waals surface area contributed by atoms with Crippen molar-refractivity contribution in [3.8, 4) is 0 Å². The number of nitrogens with two attached hydrogens (primary N) is 1. The minimum atomic E-state index is 0.375. The standard InChI is InChI=1S/C13H17ClN4/c1-13(2)4-3-9(6-13)18-11-10(17-12(18)15)5-8(14)7-16-11/h5,7,9H,3-4,6H2,1-2H3,(H2,15,17). The highest BCUT2D eigenvalue weighted by molar-refractivity contribution is 6.31. The van der Waals surface area contributed by atoms with Crippen molar-refractivity contribution in [2.75, 3.05) is 5.73 Å². The van der Waals surface area contributed by atoms with Gasteiger partial charge in [0, 0.05) is 12.2 Å². The zero-order valence-electron chi connectivity index (χ0n) is 10.7. The molecule has 1 fully saturated rings. The number of aromatic nitrogens is 3. The molecule has 1 unspecified atom stereocenters. The molecule has 1 aliphatic rings. The lowest BCUT2D eigenvalue weighted by Crippen LogP contribution is -2.12. The Morgan fingerprint density at radius 3 is 2.94 bits per heavy atom. The van der Waals surface area contributed by atoms with Gasteiger partial charge in [0.2, 0.25) is 5.95 Å². The summed E-state index contributed by atoms with van der Waals surface area (Å²) in [5.41, 5.74) is 8.04. The fourth-order valence-electron chi connectivity index (χ4n) is 2.95. The van der Waals surface area contributed by atoms with Crippen LogP contribution >= 0.6 is 11.6 Å². The Balaban J connectivity index is 2.09. The summed E-state index contributed by atoms with van der Waals surface area (Å²) in [5, 5.41) is 0.596. The molecule has 2 aromatic rings. The van der Waals surface area contributed by atoms with E-state index < -0.39 is 0 Å². The molecule has 18 heavy (non-hydrogen) atoms. The maximum absolute atomic E-state index is 6.04. The van der Waals surface area contributed by atoms with Crippen LogP contribution in [0.1, 0.15) is 39.2 Å². The van der Waals surface area contributed by atoms with E-state index in [-0.39, 0.29) is 0 Å². The molecular weight excluding hydrogens is 248 g/mol. The van der Waals surface area contributed by atoms with E-state index in [0.29, 0.717) is 22.4 Å². The number of anilines is 1. The van der Waals surface area contributed by atoms with Crippen molar-refractivity contribution in [2.45, 2.75) is 39.2 Å². The van der Waals surface area contributed by atoms with Crippen LogP contribution in [0, 0.1) is 5.41 Å². The molecule has 2 N–H and O–H groups in total. The first-order valence-corrected chi connectivity index (χ1v) is 6.63. The first-order valence-electron chi connectivity index (χ1n) is 6.25. The van der Waals surface area contributed by atoms with E-state index in [1.54, 1.807) is 6.20 Å². The fourth-order valence-corrected chi connectivity index (χ4v) is 3.11. The molecular formula is C13H17ClN4. The van der Waals surface area contributed by atoms with Crippen molar-refractivity contribution >= 4 is 28.7 Å². The third-order valence-electron chi connectivity index (χ3n) is 3.83. The Kier molecular flexibility index (Phi) is 2.52. The van der Waals surface area contributed by atoms with Crippen LogP contribution in [0.5, 0.6) is 0 Å². The van der Waals surface area contributed by atoms with Crippen LogP contribution in [-0.2, 0) is 0 Å². The molecule has 0 aromatic carbocycles. The van der Waals surface area contributed by atoms with E-state index in [2.05, 4.69) is 28.4 Å². The SMILES string of the molecule is CC1(C)CCC(n2c(N)nc3cc(Cl)cnc32)C1. The summed E-state index contributed by atoms with van der Waals surface area (Å²) in [6.45, 7) is 4.60. The molecule has 96 valence electrons. The normalized spacial score (nSPS) is 22.7. The molecule has 0 bridgehead atoms. The molecule has 4 nitrogen and oxygen atoms in total. The first kappa shape index (κ1) is 11.8. The van der Waals surface area contributed by atoms with Gasteiger partial charge in [-0.1, -0.05) is 25.4 Å². The van der Waals surface area contributed by atoms with Crippen molar-refractivity contribution in [1.82, 2.24) is 14.5 Å². The van der Waals surface area contributed by atoms with Gasteiger partial charge >= 0.3 is 0 Å². The molecule has 1 atom stereocenters. The van der Waals surface area contributed by atoms with E-state index in [9.17, 15) is 0 Å². The first-order chi connectivity index (χ1) is 8.46. The molecule has 0 aliphatic heterocycles. The van der Waals surface area contributed by atoms with Crippen LogP contribution in [0.25, 0.3) is 11.2 Å². The van der Waals surface area contributed by atoms with Gasteiger partial charge in [0.15, 0.2) is 5.65 Å². The second kappa shape index (κ2) is 3.85. The summed E-state index contributed by atoms with van der Waals surface area (Å²) in [7, 11) is 0. The summed E-state index contributed by atoms with van der Waals surface area (Å²) >= 11 is 5.93. The molecule has 5 heteroatoms. The van der Waals surface area contributed by atoms with Crippen LogP contribution in [-0.4, -0.2) is 14.5 Å². The summed E-state index contributed by atoms with van der Waals surface area (Å²) < 4.78 is 2.07. The van der Waals surface area contributed by atoms with Crippen LogP contribution < -0.4 is 5.73 Å². The fraction of sp³-hybridized carbons (Fsp3) is 0.538. The highest BCUT2D eigenvalue weighted by atomic mass is 35.5. The van der Waals surface area contributed by atoms with Crippen molar-refractivity contribution in [2.24, 2.45) is 5.41 Å². The average Bonchev–Trinajstić information content (AvgIpc) is 2.77. The number of fused-ring (bicyclic) bond motifs is 1. The topological polar surface area (TPSA) is 56.7 Å². The largest absolute Gasteiger partial charge is 0.369 e. The Hall–Kier alpha value is -1.29. The summed E-state index contributed by atoms with van der Waals surface area (Å²) in [6.07, 6.45) is 5.12. The molecule has 0 saturated heterocycles. The van der Waals surface area contributed by atoms with E-state index in [1.165, 1.54) is 6.42 Å². The monoisotopic (exact) mass is 264 g/mol. The Labute approximate surface area is 111 Å². The predicted molar refractivity (Wildman–Crippen MR) is 73.6 cm³/mol. The van der Waals surface area contributed by atoms with Crippen molar-refractivity contribution in [3.05, 3.63) is 17.3 Å². The van der Waals surface area contributed by atoms with Crippen molar-refractivity contribution in [1.29, 1.82) is 0 Å². The molecule has 1 aliphatic carbocycles. The lowest BCUT2D eigenvalue weighted by atomic mass is 9.92. The minimum absolute atomic E-state index is 0.375. The molecule has 2 heterocycles. The van der Waals surface area contributed by atoms with Gasteiger partial charge in [-0.15, -0.1) is 0 Å². The maximum Gasteiger partial charge on any atom is 0.202 e. The number of halogens is 1. The maximum atomic E-state index is 6.04. The molecule has 0 radical (unpaired) electrons. The predicted octanol–water partition coefficient (Wildman–Crippen LogP) is 3.42. The Morgan fingerprint density at radius 1 is 1.50 bits per heavy atom. The van der Waals surface area contributed by atoms with E-state index in [1.807, 2.05) is 6.07 Å². The van der Waals surface area contributed by atoms with Gasteiger partial charge in [-0.05, 0) is 30.7 Å². The third kappa shape index (κ3) is 1.85. The van der Waals surface area contributed by atoms with Gasteiger partial charge in [0.05, 0.1) is 5.02 Å². The third-order valence-corrected chi connectivity index (χ3v) is 4.04. The van der Waals surface area contributed by atoms with Crippen LogP contribution in [0.4, 0.5) is 5.95 Å². The highest BCUT2D eigenvalue weighted by Gasteiger charge is 2.33. The van der Waals surface area contributed by atoms with Crippen LogP contribution in [0.15, 0.2) is 12.3 Å². The number of pyridine rings is 1. The Morgan fingerprint density at radius 2 is 2.28 bits per heavy atom. The van der Waals surface area contributed by atoms with Crippen LogP contribution in [0.2, 0.25) is 5.02 Å². The van der Waals surface area contributed by atoms with E-state index >= 15 is 0 Å². The number of nitrogen functional groups attached to an aromatic ring is 1. The zero-order valence-corrected chi connectivity index (χ0v) is 11.4. The molecule has 0 spiro atoms. The Bertz CT molecular complexity index is 602. The highest BCUT2D eigenvalue weighted by Crippen LogP contribution is 2.45. The summed E-state index contributed by atoms with van der Waals surface area (Å²) in [4.78, 5) is 8.74. The number of nitrogens with zero attached hydrogens (tertiary/aromatic N) is 3. The smallest absolute Gasteiger partial charge is 0.202 e. The second-order valence-corrected chi connectivity index (χ2v) is 6.33. The summed E-state index contributed by atoms with van der Waals surface area (Å²) in [6, 6.07) is 2.22. The van der Waals surface area contributed by atoms with Gasteiger partial charge in [0.1, 0.15) is 5.52 Å². The van der Waals surface area contributed by atoms with E-state index in [4.69, 9.17) is 17.3 Å². The molecule has 0 amide bonds. The van der Waals surface area contributed by atoms with Gasteiger partial charge in [-0.2, -0.15) is 0 Å². The van der Waals surface area contributed by atoms with Crippen molar-refractivity contribution < 1.29 is 0 Å². The molecule has 3 rings (SSSR count). The molecule has 1 saturated carbocycles. The number of imidazole rings is 1. The number of rotatable bonds is 1. The van der Waals surface area contributed by atoms with Gasteiger partial charge in [-0.3, -0.25) is 4.57 Å².